The number of nitrogens with one attached hydrogen (secondary N) is 1. The van der Waals surface area contributed by atoms with Crippen LogP contribution in [0.1, 0.15) is 22.8 Å². The zero-order valence-electron chi connectivity index (χ0n) is 9.56. The van der Waals surface area contributed by atoms with Crippen LogP contribution in [0, 0.1) is 0 Å². The van der Waals surface area contributed by atoms with Gasteiger partial charge in [-0.3, -0.25) is 4.79 Å². The molecule has 86 valence electrons. The number of Topliss-reactive ketones (excluding diaryl/α,β-unsaturated/α-hetero) is 1. The van der Waals surface area contributed by atoms with E-state index in [1.807, 2.05) is 19.2 Å². The van der Waals surface area contributed by atoms with Gasteiger partial charge in [0.2, 0.25) is 0 Å². The normalized spacial score (nSPS) is 10.6. The van der Waals surface area contributed by atoms with Gasteiger partial charge in [0.15, 0.2) is 5.78 Å². The zero-order chi connectivity index (χ0) is 11.8. The van der Waals surface area contributed by atoms with E-state index >= 15 is 0 Å². The van der Waals surface area contributed by atoms with Gasteiger partial charge in [0, 0.05) is 12.1 Å². The van der Waals surface area contributed by atoms with E-state index in [2.05, 4.69) is 10.5 Å². The molecule has 0 fully saturated rings. The molecule has 0 aromatic heterocycles. The summed E-state index contributed by atoms with van der Waals surface area (Å²) in [7, 11) is 1.85. The number of nitrogens with zero attached hydrogens (tertiary/aromatic N) is 1. The summed E-state index contributed by atoms with van der Waals surface area (Å²) in [5.74, 6) is 0.0637. The van der Waals surface area contributed by atoms with Crippen molar-refractivity contribution in [3.63, 3.8) is 0 Å². The Kier molecular flexibility index (Phi) is 5.22. The maximum absolute atomic E-state index is 11.0. The second-order valence-electron chi connectivity index (χ2n) is 3.35. The van der Waals surface area contributed by atoms with Gasteiger partial charge in [-0.15, -0.1) is 0 Å². The summed E-state index contributed by atoms with van der Waals surface area (Å²) in [5.41, 5.74) is 1.61. The van der Waals surface area contributed by atoms with Gasteiger partial charge in [-0.05, 0) is 19.5 Å². The summed E-state index contributed by atoms with van der Waals surface area (Å²) in [6.07, 6.45) is 1.62. The highest BCUT2D eigenvalue weighted by molar-refractivity contribution is 5.94. The minimum Gasteiger partial charge on any atom is -0.394 e. The van der Waals surface area contributed by atoms with Crippen molar-refractivity contribution in [2.45, 2.75) is 6.92 Å². The van der Waals surface area contributed by atoms with Gasteiger partial charge in [0.1, 0.15) is 6.61 Å². The first-order chi connectivity index (χ1) is 7.74. The molecule has 0 atom stereocenters. The van der Waals surface area contributed by atoms with E-state index in [0.717, 1.165) is 12.1 Å². The van der Waals surface area contributed by atoms with E-state index in [1.165, 1.54) is 0 Å². The van der Waals surface area contributed by atoms with Gasteiger partial charge in [0.25, 0.3) is 0 Å². The monoisotopic (exact) mass is 220 g/mol. The van der Waals surface area contributed by atoms with Crippen LogP contribution in [0.2, 0.25) is 0 Å². The van der Waals surface area contributed by atoms with Crippen molar-refractivity contribution in [2.24, 2.45) is 5.16 Å². The maximum Gasteiger partial charge on any atom is 0.159 e. The molecule has 16 heavy (non-hydrogen) atoms. The van der Waals surface area contributed by atoms with E-state index in [1.54, 1.807) is 25.3 Å². The van der Waals surface area contributed by atoms with E-state index < -0.39 is 0 Å². The van der Waals surface area contributed by atoms with Crippen LogP contribution < -0.4 is 5.32 Å². The smallest absolute Gasteiger partial charge is 0.159 e. The Bertz CT molecular complexity index is 358. The Morgan fingerprint density at radius 2 is 2.12 bits per heavy atom. The Labute approximate surface area is 95.3 Å². The highest BCUT2D eigenvalue weighted by atomic mass is 16.6. The van der Waals surface area contributed by atoms with Gasteiger partial charge in [-0.2, -0.15) is 0 Å². The number of hydrogen-bond acceptors (Lipinski definition) is 4. The third-order valence-electron chi connectivity index (χ3n) is 2.04. The minimum absolute atomic E-state index is 0.0637. The van der Waals surface area contributed by atoms with Crippen LogP contribution in [0.25, 0.3) is 0 Å². The van der Waals surface area contributed by atoms with Crippen LogP contribution in [0.3, 0.4) is 0 Å². The summed E-state index contributed by atoms with van der Waals surface area (Å²) in [6, 6.07) is 7.22. The number of hydrogen-bond donors (Lipinski definition) is 1. The third kappa shape index (κ3) is 4.23. The lowest BCUT2D eigenvalue weighted by molar-refractivity contribution is 0.101. The molecule has 1 N–H and O–H groups in total. The highest BCUT2D eigenvalue weighted by Crippen LogP contribution is 2.03. The van der Waals surface area contributed by atoms with Crippen molar-refractivity contribution < 1.29 is 9.63 Å². The molecule has 0 amide bonds. The molecule has 4 nitrogen and oxygen atoms in total. The SMILES string of the molecule is CNCCON=Cc1ccc(C(C)=O)cc1. The fourth-order valence-corrected chi connectivity index (χ4v) is 1.10. The number of carbonyl (C=O) groups excluding carboxylic acids is 1. The lowest BCUT2D eigenvalue weighted by Crippen LogP contribution is -2.12. The molecule has 0 radical (unpaired) electrons. The van der Waals surface area contributed by atoms with Gasteiger partial charge < -0.3 is 10.2 Å². The second kappa shape index (κ2) is 6.74. The van der Waals surface area contributed by atoms with Crippen molar-refractivity contribution in [1.29, 1.82) is 0 Å². The Morgan fingerprint density at radius 3 is 2.69 bits per heavy atom. The van der Waals surface area contributed by atoms with Crippen molar-refractivity contribution in [1.82, 2.24) is 5.32 Å². The molecule has 1 aromatic rings. The standard InChI is InChI=1S/C12H16N2O2/c1-10(15)12-5-3-11(4-6-12)9-14-16-8-7-13-2/h3-6,9,13H,7-8H2,1-2H3. The van der Waals surface area contributed by atoms with Crippen LogP contribution in [-0.4, -0.2) is 32.2 Å². The first-order valence-corrected chi connectivity index (χ1v) is 5.15. The van der Waals surface area contributed by atoms with Crippen LogP contribution in [0.15, 0.2) is 29.4 Å². The fraction of sp³-hybridized carbons (Fsp3) is 0.333. The minimum atomic E-state index is 0.0637. The summed E-state index contributed by atoms with van der Waals surface area (Å²) in [6.45, 7) is 2.85. The molecule has 4 heteroatoms. The quantitative estimate of drug-likeness (QED) is 0.342. The number of ketones is 1. The number of oxime groups is 1. The van der Waals surface area contributed by atoms with Crippen molar-refractivity contribution >= 4 is 12.0 Å². The molecule has 0 aliphatic heterocycles. The molecule has 0 saturated heterocycles. The summed E-state index contributed by atoms with van der Waals surface area (Å²) >= 11 is 0. The molecule has 0 spiro atoms. The Balaban J connectivity index is 2.45. The fourth-order valence-electron chi connectivity index (χ4n) is 1.10. The topological polar surface area (TPSA) is 50.7 Å². The molecule has 0 saturated carbocycles. The number of likely N-dealkylation sites (N-methyl/N-ethyl adjacent to an activating group) is 1. The molecule has 0 heterocycles. The second-order valence-corrected chi connectivity index (χ2v) is 3.35. The number of benzene rings is 1. The van der Waals surface area contributed by atoms with Crippen LogP contribution in [-0.2, 0) is 4.84 Å². The largest absolute Gasteiger partial charge is 0.394 e. The van der Waals surface area contributed by atoms with E-state index in [9.17, 15) is 4.79 Å². The highest BCUT2D eigenvalue weighted by Gasteiger charge is 1.97. The maximum atomic E-state index is 11.0. The van der Waals surface area contributed by atoms with Crippen LogP contribution in [0.5, 0.6) is 0 Å². The molecule has 0 aliphatic rings. The van der Waals surface area contributed by atoms with Gasteiger partial charge in [0.05, 0.1) is 6.21 Å². The summed E-state index contributed by atoms with van der Waals surface area (Å²) in [5, 5.41) is 6.75. The molecule has 0 unspecified atom stereocenters. The first-order valence-electron chi connectivity index (χ1n) is 5.15. The molecule has 1 rings (SSSR count). The number of carbonyl (C=O) groups is 1. The van der Waals surface area contributed by atoms with Gasteiger partial charge in [-0.1, -0.05) is 29.4 Å². The molecular formula is C12H16N2O2. The van der Waals surface area contributed by atoms with Gasteiger partial charge in [-0.25, -0.2) is 0 Å². The lowest BCUT2D eigenvalue weighted by Gasteiger charge is -1.98. The summed E-state index contributed by atoms with van der Waals surface area (Å²) < 4.78 is 0. The third-order valence-corrected chi connectivity index (χ3v) is 2.04. The Morgan fingerprint density at radius 1 is 1.44 bits per heavy atom. The zero-order valence-corrected chi connectivity index (χ0v) is 9.56. The van der Waals surface area contributed by atoms with Crippen molar-refractivity contribution in [3.8, 4) is 0 Å². The van der Waals surface area contributed by atoms with Crippen molar-refractivity contribution in [3.05, 3.63) is 35.4 Å². The predicted octanol–water partition coefficient (Wildman–Crippen LogP) is 1.46. The van der Waals surface area contributed by atoms with Gasteiger partial charge >= 0.3 is 0 Å². The van der Waals surface area contributed by atoms with E-state index in [0.29, 0.717) is 12.2 Å². The number of rotatable bonds is 6. The first kappa shape index (κ1) is 12.4. The van der Waals surface area contributed by atoms with Crippen LogP contribution in [0.4, 0.5) is 0 Å². The Hall–Kier alpha value is -1.68. The average Bonchev–Trinajstić information content (AvgIpc) is 2.29. The molecule has 0 aliphatic carbocycles. The lowest BCUT2D eigenvalue weighted by atomic mass is 10.1. The molecular weight excluding hydrogens is 204 g/mol. The van der Waals surface area contributed by atoms with Crippen LogP contribution >= 0.6 is 0 Å². The predicted molar refractivity (Wildman–Crippen MR) is 63.9 cm³/mol. The average molecular weight is 220 g/mol. The molecule has 1 aromatic carbocycles. The van der Waals surface area contributed by atoms with E-state index in [-0.39, 0.29) is 5.78 Å². The van der Waals surface area contributed by atoms with E-state index in [4.69, 9.17) is 4.84 Å². The molecule has 0 bridgehead atoms. The van der Waals surface area contributed by atoms with Crippen molar-refractivity contribution in [2.75, 3.05) is 20.2 Å². The summed E-state index contributed by atoms with van der Waals surface area (Å²) in [4.78, 5) is 16.0.